The zero-order valence-electron chi connectivity index (χ0n) is 8.96. The van der Waals surface area contributed by atoms with Gasteiger partial charge in [-0.3, -0.25) is 5.41 Å². The first-order chi connectivity index (χ1) is 7.75. The highest BCUT2D eigenvalue weighted by atomic mass is 35.5. The third-order valence-corrected chi connectivity index (χ3v) is 2.01. The minimum atomic E-state index is -0.00115. The van der Waals surface area contributed by atoms with Crippen molar-refractivity contribution >= 4 is 18.2 Å². The smallest absolute Gasteiger partial charge is 0.219 e. The molecular weight excluding hydrogens is 238 g/mol. The van der Waals surface area contributed by atoms with E-state index in [1.165, 1.54) is 6.20 Å². The summed E-state index contributed by atoms with van der Waals surface area (Å²) in [7, 11) is 0. The zero-order valence-corrected chi connectivity index (χ0v) is 9.78. The van der Waals surface area contributed by atoms with Crippen molar-refractivity contribution in [2.24, 2.45) is 5.73 Å². The fraction of sp³-hybridized carbons (Fsp3) is 0. The molecule has 3 N–H and O–H groups in total. The Morgan fingerprint density at radius 2 is 1.82 bits per heavy atom. The van der Waals surface area contributed by atoms with Crippen molar-refractivity contribution in [3.05, 3.63) is 54.2 Å². The molecule has 2 aromatic rings. The van der Waals surface area contributed by atoms with Crippen molar-refractivity contribution in [1.82, 2.24) is 4.98 Å². The van der Waals surface area contributed by atoms with E-state index in [1.807, 2.05) is 30.3 Å². The second-order valence-electron chi connectivity index (χ2n) is 3.21. The molecular formula is C12H12ClN3O. The monoisotopic (exact) mass is 249 g/mol. The molecule has 2 rings (SSSR count). The van der Waals surface area contributed by atoms with E-state index < -0.39 is 0 Å². The summed E-state index contributed by atoms with van der Waals surface area (Å²) in [6, 6.07) is 12.8. The first-order valence-electron chi connectivity index (χ1n) is 4.79. The van der Waals surface area contributed by atoms with Gasteiger partial charge in [-0.15, -0.1) is 12.4 Å². The number of ether oxygens (including phenoxy) is 1. The Balaban J connectivity index is 0.00000144. The van der Waals surface area contributed by atoms with Crippen LogP contribution in [0.25, 0.3) is 0 Å². The number of halogens is 1. The maximum Gasteiger partial charge on any atom is 0.219 e. The van der Waals surface area contributed by atoms with Gasteiger partial charge >= 0.3 is 0 Å². The van der Waals surface area contributed by atoms with Crippen molar-refractivity contribution in [2.45, 2.75) is 0 Å². The van der Waals surface area contributed by atoms with Gasteiger partial charge < -0.3 is 10.5 Å². The highest BCUT2D eigenvalue weighted by Gasteiger charge is 2.00. The first kappa shape index (κ1) is 13.0. The second kappa shape index (κ2) is 5.86. The van der Waals surface area contributed by atoms with Crippen LogP contribution in [-0.4, -0.2) is 10.8 Å². The number of hydrogen-bond acceptors (Lipinski definition) is 3. The minimum Gasteiger partial charge on any atom is -0.439 e. The maximum atomic E-state index is 7.22. The highest BCUT2D eigenvalue weighted by Crippen LogP contribution is 2.18. The van der Waals surface area contributed by atoms with Gasteiger partial charge in [0.1, 0.15) is 11.6 Å². The maximum absolute atomic E-state index is 7.22. The Bertz CT molecular complexity index is 485. The average molecular weight is 250 g/mol. The number of nitrogens with two attached hydrogens (primary N) is 1. The largest absolute Gasteiger partial charge is 0.439 e. The molecule has 1 aromatic heterocycles. The number of nitrogens with zero attached hydrogens (tertiary/aromatic N) is 1. The lowest BCUT2D eigenvalue weighted by molar-refractivity contribution is 0.463. The first-order valence-corrected chi connectivity index (χ1v) is 4.79. The van der Waals surface area contributed by atoms with E-state index >= 15 is 0 Å². The fourth-order valence-corrected chi connectivity index (χ4v) is 1.21. The van der Waals surface area contributed by atoms with Crippen LogP contribution >= 0.6 is 12.4 Å². The lowest BCUT2D eigenvalue weighted by Gasteiger charge is -2.04. The molecule has 1 aromatic carbocycles. The number of aromatic nitrogens is 1. The lowest BCUT2D eigenvalue weighted by atomic mass is 10.3. The molecule has 0 unspecified atom stereocenters. The molecule has 1 heterocycles. The minimum absolute atomic E-state index is 0. The van der Waals surface area contributed by atoms with E-state index in [0.29, 0.717) is 11.4 Å². The van der Waals surface area contributed by atoms with Gasteiger partial charge in [-0.25, -0.2) is 4.98 Å². The second-order valence-corrected chi connectivity index (χ2v) is 3.21. The molecule has 0 spiro atoms. The van der Waals surface area contributed by atoms with Crippen LogP contribution in [0.4, 0.5) is 0 Å². The normalized spacial score (nSPS) is 9.18. The number of para-hydroxylation sites is 1. The summed E-state index contributed by atoms with van der Waals surface area (Å²) in [5.41, 5.74) is 5.90. The highest BCUT2D eigenvalue weighted by molar-refractivity contribution is 5.94. The molecule has 5 heteroatoms. The Labute approximate surface area is 105 Å². The Kier molecular flexibility index (Phi) is 4.48. The fourth-order valence-electron chi connectivity index (χ4n) is 1.21. The van der Waals surface area contributed by atoms with Gasteiger partial charge in [-0.05, 0) is 18.2 Å². The molecule has 17 heavy (non-hydrogen) atoms. The number of rotatable bonds is 3. The van der Waals surface area contributed by atoms with Gasteiger partial charge in [0, 0.05) is 17.8 Å². The third-order valence-electron chi connectivity index (χ3n) is 2.01. The third kappa shape index (κ3) is 3.46. The molecule has 4 nitrogen and oxygen atoms in total. The van der Waals surface area contributed by atoms with E-state index in [9.17, 15) is 0 Å². The molecule has 0 aliphatic rings. The number of nitrogen functional groups attached to an aromatic ring is 1. The van der Waals surface area contributed by atoms with Crippen LogP contribution in [0.3, 0.4) is 0 Å². The Morgan fingerprint density at radius 1 is 1.12 bits per heavy atom. The van der Waals surface area contributed by atoms with Crippen LogP contribution in [-0.2, 0) is 0 Å². The van der Waals surface area contributed by atoms with Crippen molar-refractivity contribution in [3.8, 4) is 11.6 Å². The van der Waals surface area contributed by atoms with Gasteiger partial charge in [-0.1, -0.05) is 18.2 Å². The topological polar surface area (TPSA) is 72.0 Å². The molecule has 0 amide bonds. The predicted molar refractivity (Wildman–Crippen MR) is 69.0 cm³/mol. The molecule has 0 radical (unpaired) electrons. The molecule has 0 aliphatic carbocycles. The van der Waals surface area contributed by atoms with Crippen molar-refractivity contribution in [3.63, 3.8) is 0 Å². The van der Waals surface area contributed by atoms with Crippen LogP contribution in [0.1, 0.15) is 5.56 Å². The van der Waals surface area contributed by atoms with E-state index in [0.717, 1.165) is 5.75 Å². The molecule has 88 valence electrons. The van der Waals surface area contributed by atoms with Crippen molar-refractivity contribution < 1.29 is 4.74 Å². The van der Waals surface area contributed by atoms with Crippen LogP contribution in [0.15, 0.2) is 48.7 Å². The van der Waals surface area contributed by atoms with Crippen LogP contribution < -0.4 is 10.5 Å². The predicted octanol–water partition coefficient (Wildman–Crippen LogP) is 2.58. The number of benzene rings is 1. The summed E-state index contributed by atoms with van der Waals surface area (Å²) >= 11 is 0. The van der Waals surface area contributed by atoms with Crippen molar-refractivity contribution in [1.29, 1.82) is 5.41 Å². The number of pyridine rings is 1. The van der Waals surface area contributed by atoms with Gasteiger partial charge in [0.05, 0.1) is 0 Å². The summed E-state index contributed by atoms with van der Waals surface area (Å²) < 4.78 is 5.49. The molecule has 0 saturated heterocycles. The number of nitrogens with one attached hydrogen (secondary N) is 1. The summed E-state index contributed by atoms with van der Waals surface area (Å²) in [5, 5.41) is 7.22. The van der Waals surface area contributed by atoms with Gasteiger partial charge in [0.15, 0.2) is 0 Å². The van der Waals surface area contributed by atoms with Crippen LogP contribution in [0.2, 0.25) is 0 Å². The molecule has 0 atom stereocenters. The summed E-state index contributed by atoms with van der Waals surface area (Å²) in [5.74, 6) is 1.21. The lowest BCUT2D eigenvalue weighted by Crippen LogP contribution is -2.11. The standard InChI is InChI=1S/C12H11N3O.ClH/c13-12(14)9-6-7-11(15-8-9)16-10-4-2-1-3-5-10;/h1-8H,(H3,13,14);1H. The van der Waals surface area contributed by atoms with Crippen LogP contribution in [0, 0.1) is 5.41 Å². The van der Waals surface area contributed by atoms with E-state index in [2.05, 4.69) is 4.98 Å². The van der Waals surface area contributed by atoms with Gasteiger partial charge in [0.2, 0.25) is 5.88 Å². The summed E-state index contributed by atoms with van der Waals surface area (Å²) in [6.45, 7) is 0. The van der Waals surface area contributed by atoms with E-state index in [1.54, 1.807) is 12.1 Å². The van der Waals surface area contributed by atoms with Gasteiger partial charge in [-0.2, -0.15) is 0 Å². The Morgan fingerprint density at radius 3 is 2.35 bits per heavy atom. The van der Waals surface area contributed by atoms with Crippen LogP contribution in [0.5, 0.6) is 11.6 Å². The SMILES string of the molecule is Cl.N=C(N)c1ccc(Oc2ccccc2)nc1. The van der Waals surface area contributed by atoms with E-state index in [4.69, 9.17) is 15.9 Å². The summed E-state index contributed by atoms with van der Waals surface area (Å²) in [6.07, 6.45) is 1.51. The zero-order chi connectivity index (χ0) is 11.4. The number of hydrogen-bond donors (Lipinski definition) is 2. The van der Waals surface area contributed by atoms with E-state index in [-0.39, 0.29) is 18.2 Å². The molecule has 0 bridgehead atoms. The summed E-state index contributed by atoms with van der Waals surface area (Å²) in [4.78, 5) is 4.05. The Hall–Kier alpha value is -2.07. The number of amidine groups is 1. The van der Waals surface area contributed by atoms with Gasteiger partial charge in [0.25, 0.3) is 0 Å². The molecule has 0 fully saturated rings. The molecule has 0 saturated carbocycles. The molecule has 0 aliphatic heterocycles. The quantitative estimate of drug-likeness (QED) is 0.649. The average Bonchev–Trinajstić information content (AvgIpc) is 2.31. The van der Waals surface area contributed by atoms with Crippen molar-refractivity contribution in [2.75, 3.05) is 0 Å².